The number of methoxy groups -OCH3 is 1. The number of ether oxygens (including phenoxy) is 3. The number of cyclic esters (lactones) is 1. The molecule has 118 valence electrons. The number of carbonyl (C=O) groups excluding carboxylic acids is 2. The maximum atomic E-state index is 13.1. The van der Waals surface area contributed by atoms with Crippen molar-refractivity contribution in [2.75, 3.05) is 7.11 Å². The topological polar surface area (TPSA) is 73.9 Å². The van der Waals surface area contributed by atoms with E-state index in [-0.39, 0.29) is 18.1 Å². The normalized spacial score (nSPS) is 18.3. The van der Waals surface area contributed by atoms with Gasteiger partial charge in [0.25, 0.3) is 11.7 Å². The molecule has 0 spiro atoms. The molecule has 0 bridgehead atoms. The number of hydrogen-bond acceptors (Lipinski definition) is 5. The van der Waals surface area contributed by atoms with Crippen LogP contribution in [0.4, 0.5) is 4.39 Å². The Morgan fingerprint density at radius 3 is 2.64 bits per heavy atom. The molecule has 1 aliphatic rings. The Kier molecular flexibility index (Phi) is 4.35. The van der Waals surface area contributed by atoms with Gasteiger partial charge in [-0.1, -0.05) is 12.1 Å². The number of hydrogen-bond donors (Lipinski definition) is 1. The van der Waals surface area contributed by atoms with Gasteiger partial charge in [-0.3, -0.25) is 4.79 Å². The highest BCUT2D eigenvalue weighted by Crippen LogP contribution is 2.28. The largest absolute Gasteiger partial charge is 0.488 e. The van der Waals surface area contributed by atoms with Crippen molar-refractivity contribution in [1.82, 2.24) is 5.32 Å². The molecule has 1 aliphatic heterocycles. The van der Waals surface area contributed by atoms with Crippen molar-refractivity contribution in [3.05, 3.63) is 47.2 Å². The average Bonchev–Trinajstić information content (AvgIpc) is 2.71. The molecule has 22 heavy (non-hydrogen) atoms. The summed E-state index contributed by atoms with van der Waals surface area (Å²) in [6.07, 6.45) is 0. The van der Waals surface area contributed by atoms with E-state index in [1.165, 1.54) is 39.2 Å². The van der Waals surface area contributed by atoms with Crippen LogP contribution in [0.15, 0.2) is 35.8 Å². The summed E-state index contributed by atoms with van der Waals surface area (Å²) in [4.78, 5) is 23.8. The van der Waals surface area contributed by atoms with Crippen LogP contribution < -0.4 is 5.32 Å². The fourth-order valence-electron chi connectivity index (χ4n) is 1.91. The van der Waals surface area contributed by atoms with Gasteiger partial charge in [-0.15, -0.1) is 0 Å². The average molecular weight is 309 g/mol. The highest BCUT2D eigenvalue weighted by molar-refractivity contribution is 6.00. The van der Waals surface area contributed by atoms with Crippen molar-refractivity contribution in [2.24, 2.45) is 0 Å². The molecule has 1 fully saturated rings. The van der Waals surface area contributed by atoms with E-state index in [0.29, 0.717) is 5.56 Å². The molecule has 1 N–H and O–H groups in total. The van der Waals surface area contributed by atoms with Crippen molar-refractivity contribution < 1.29 is 28.2 Å². The van der Waals surface area contributed by atoms with Crippen LogP contribution in [-0.2, 0) is 30.3 Å². The molecule has 7 heteroatoms. The summed E-state index contributed by atoms with van der Waals surface area (Å²) in [5.74, 6) is -3.56. The second kappa shape index (κ2) is 6.05. The lowest BCUT2D eigenvalue weighted by Crippen LogP contribution is -2.27. The second-order valence-electron chi connectivity index (χ2n) is 5.07. The summed E-state index contributed by atoms with van der Waals surface area (Å²) in [6, 6.07) is 5.79. The van der Waals surface area contributed by atoms with Gasteiger partial charge in [0.1, 0.15) is 5.82 Å². The van der Waals surface area contributed by atoms with Crippen LogP contribution in [0.1, 0.15) is 19.4 Å². The van der Waals surface area contributed by atoms with Crippen LogP contribution in [0.2, 0.25) is 0 Å². The fourth-order valence-corrected chi connectivity index (χ4v) is 1.91. The first-order valence-electron chi connectivity index (χ1n) is 6.55. The van der Waals surface area contributed by atoms with Crippen molar-refractivity contribution >= 4 is 11.9 Å². The van der Waals surface area contributed by atoms with Gasteiger partial charge in [-0.2, -0.15) is 0 Å². The third-order valence-corrected chi connectivity index (χ3v) is 2.83. The maximum Gasteiger partial charge on any atom is 0.381 e. The summed E-state index contributed by atoms with van der Waals surface area (Å²) >= 11 is 0. The van der Waals surface area contributed by atoms with E-state index < -0.39 is 23.5 Å². The zero-order chi connectivity index (χ0) is 16.3. The number of benzene rings is 1. The number of carbonyl (C=O) groups is 2. The summed E-state index contributed by atoms with van der Waals surface area (Å²) in [7, 11) is 1.24. The van der Waals surface area contributed by atoms with E-state index in [1.807, 2.05) is 0 Å². The monoisotopic (exact) mass is 309 g/mol. The minimum Gasteiger partial charge on any atom is -0.488 e. The van der Waals surface area contributed by atoms with E-state index in [9.17, 15) is 14.0 Å². The predicted molar refractivity (Wildman–Crippen MR) is 73.5 cm³/mol. The smallest absolute Gasteiger partial charge is 0.381 e. The number of nitrogens with one attached hydrogen (secondary N) is 1. The minimum absolute atomic E-state index is 0.0785. The molecule has 0 unspecified atom stereocenters. The van der Waals surface area contributed by atoms with Gasteiger partial charge < -0.3 is 19.5 Å². The van der Waals surface area contributed by atoms with Crippen LogP contribution in [0, 0.1) is 5.82 Å². The number of rotatable bonds is 4. The van der Waals surface area contributed by atoms with Crippen molar-refractivity contribution in [1.29, 1.82) is 0 Å². The Balaban J connectivity index is 2.11. The Morgan fingerprint density at radius 2 is 2.09 bits per heavy atom. The minimum atomic E-state index is -1.15. The Morgan fingerprint density at radius 1 is 1.36 bits per heavy atom. The van der Waals surface area contributed by atoms with Gasteiger partial charge in [-0.25, -0.2) is 9.18 Å². The number of esters is 1. The van der Waals surface area contributed by atoms with E-state index in [4.69, 9.17) is 14.2 Å². The van der Waals surface area contributed by atoms with E-state index in [1.54, 1.807) is 6.07 Å². The molecule has 0 saturated carbocycles. The first-order valence-corrected chi connectivity index (χ1v) is 6.55. The molecule has 0 aromatic heterocycles. The van der Waals surface area contributed by atoms with Crippen molar-refractivity contribution in [3.63, 3.8) is 0 Å². The lowest BCUT2D eigenvalue weighted by molar-refractivity contribution is -0.159. The van der Waals surface area contributed by atoms with Gasteiger partial charge in [0.2, 0.25) is 11.5 Å². The Labute approximate surface area is 126 Å². The van der Waals surface area contributed by atoms with Crippen molar-refractivity contribution in [3.8, 4) is 0 Å². The second-order valence-corrected chi connectivity index (χ2v) is 5.07. The number of halogens is 1. The summed E-state index contributed by atoms with van der Waals surface area (Å²) in [6.45, 7) is 3.15. The molecular formula is C15H16FNO5. The van der Waals surface area contributed by atoms with E-state index in [2.05, 4.69) is 5.32 Å². The lowest BCUT2D eigenvalue weighted by Gasteiger charge is -2.14. The van der Waals surface area contributed by atoms with E-state index >= 15 is 0 Å². The third kappa shape index (κ3) is 3.55. The molecular weight excluding hydrogens is 293 g/mol. The van der Waals surface area contributed by atoms with Crippen LogP contribution in [0.25, 0.3) is 0 Å². The molecule has 1 saturated heterocycles. The highest BCUT2D eigenvalue weighted by atomic mass is 19.1. The first-order chi connectivity index (χ1) is 10.3. The first kappa shape index (κ1) is 15.8. The quantitative estimate of drug-likeness (QED) is 0.519. The molecule has 0 aliphatic carbocycles. The summed E-state index contributed by atoms with van der Waals surface area (Å²) < 4.78 is 28.2. The number of amides is 1. The third-order valence-electron chi connectivity index (χ3n) is 2.83. The Hall–Kier alpha value is -2.57. The van der Waals surface area contributed by atoms with Gasteiger partial charge in [0.05, 0.1) is 7.11 Å². The SMILES string of the molecule is COC(C(=O)NCc1cccc(F)c1)=C1OC(C)(C)OC1=O. The molecule has 0 atom stereocenters. The highest BCUT2D eigenvalue weighted by Gasteiger charge is 2.41. The van der Waals surface area contributed by atoms with Crippen LogP contribution in [0.5, 0.6) is 0 Å². The maximum absolute atomic E-state index is 13.1. The van der Waals surface area contributed by atoms with E-state index in [0.717, 1.165) is 0 Å². The molecule has 0 radical (unpaired) electrons. The molecule has 1 heterocycles. The molecule has 1 aromatic rings. The summed E-state index contributed by atoms with van der Waals surface area (Å²) in [5, 5.41) is 2.53. The zero-order valence-corrected chi connectivity index (χ0v) is 12.4. The Bertz CT molecular complexity index is 639. The van der Waals surface area contributed by atoms with Gasteiger partial charge >= 0.3 is 5.97 Å². The predicted octanol–water partition coefficient (Wildman–Crippen LogP) is 1.61. The van der Waals surface area contributed by atoms with Gasteiger partial charge in [0.15, 0.2) is 0 Å². The van der Waals surface area contributed by atoms with Gasteiger partial charge in [0, 0.05) is 20.4 Å². The molecule has 6 nitrogen and oxygen atoms in total. The molecule has 2 rings (SSSR count). The fraction of sp³-hybridized carbons (Fsp3) is 0.333. The zero-order valence-electron chi connectivity index (χ0n) is 12.4. The summed E-state index contributed by atoms with van der Waals surface area (Å²) in [5.41, 5.74) is 0.573. The van der Waals surface area contributed by atoms with Crippen molar-refractivity contribution in [2.45, 2.75) is 26.2 Å². The van der Waals surface area contributed by atoms with Crippen LogP contribution in [-0.4, -0.2) is 24.8 Å². The molecule has 1 amide bonds. The van der Waals surface area contributed by atoms with Gasteiger partial charge in [-0.05, 0) is 17.7 Å². The standard InChI is InChI=1S/C15H16FNO5/c1-15(2)21-12(14(19)22-15)11(20-3)13(18)17-8-9-5-4-6-10(16)7-9/h4-7H,8H2,1-3H3,(H,17,18). The van der Waals surface area contributed by atoms with Crippen LogP contribution in [0.3, 0.4) is 0 Å². The van der Waals surface area contributed by atoms with Crippen LogP contribution >= 0.6 is 0 Å². The molecule has 1 aromatic carbocycles. The lowest BCUT2D eigenvalue weighted by atomic mass is 10.2.